The molecule has 1 aliphatic carbocycles. The first-order valence-corrected chi connectivity index (χ1v) is 10.6. The lowest BCUT2D eigenvalue weighted by molar-refractivity contribution is 0.0819. The fourth-order valence-corrected chi connectivity index (χ4v) is 3.91. The van der Waals surface area contributed by atoms with E-state index >= 15 is 0 Å². The summed E-state index contributed by atoms with van der Waals surface area (Å²) < 4.78 is 15.7. The number of hydrogen-bond donors (Lipinski definition) is 1. The third-order valence-electron chi connectivity index (χ3n) is 5.86. The lowest BCUT2D eigenvalue weighted by Crippen LogP contribution is -2.24. The number of halogens is 1. The Labute approximate surface area is 181 Å². The van der Waals surface area contributed by atoms with Crippen molar-refractivity contribution in [1.82, 2.24) is 19.7 Å². The number of carbonyl (C=O) groups excluding carboxylic acids is 1. The normalized spacial score (nSPS) is 14.9. The van der Waals surface area contributed by atoms with Crippen molar-refractivity contribution in [3.63, 3.8) is 0 Å². The van der Waals surface area contributed by atoms with Crippen molar-refractivity contribution in [2.75, 3.05) is 14.1 Å². The zero-order valence-corrected chi connectivity index (χ0v) is 18.0. The molecule has 4 rings (SSSR count). The third-order valence-corrected chi connectivity index (χ3v) is 5.86. The molecule has 7 heteroatoms. The smallest absolute Gasteiger partial charge is 0.274 e. The highest BCUT2D eigenvalue weighted by Crippen LogP contribution is 2.34. The Bertz CT molecular complexity index is 1100. The van der Waals surface area contributed by atoms with Crippen LogP contribution in [0.15, 0.2) is 42.7 Å². The van der Waals surface area contributed by atoms with Gasteiger partial charge in [-0.1, -0.05) is 6.07 Å². The van der Waals surface area contributed by atoms with Crippen LogP contribution in [0.4, 0.5) is 4.39 Å². The van der Waals surface area contributed by atoms with Crippen LogP contribution in [0.25, 0.3) is 11.3 Å². The lowest BCUT2D eigenvalue weighted by atomic mass is 9.93. The Balaban J connectivity index is 1.77. The topological polar surface area (TPSA) is 71.2 Å². The quantitative estimate of drug-likeness (QED) is 0.648. The highest BCUT2D eigenvalue weighted by Gasteiger charge is 2.26. The maximum absolute atomic E-state index is 13.8. The maximum atomic E-state index is 13.8. The van der Waals surface area contributed by atoms with E-state index in [2.05, 4.69) is 10.1 Å². The number of aliphatic hydroxyl groups is 1. The van der Waals surface area contributed by atoms with Gasteiger partial charge < -0.3 is 10.0 Å². The molecule has 6 nitrogen and oxygen atoms in total. The standard InChI is InChI=1S/C24H27FN4O2/c1-15(30)21-13-18(25)9-10-20(21)22-16(6-5-11-26-22)12-17-14-29(19-7-4-8-19)27-23(17)24(31)28(2)3/h5-6,9-11,13-15,19,30H,4,7-8,12H2,1-3H3/t15-/m1/s1. The number of rotatable bonds is 6. The zero-order valence-electron chi connectivity index (χ0n) is 18.0. The molecule has 1 N–H and O–H groups in total. The molecule has 1 atom stereocenters. The lowest BCUT2D eigenvalue weighted by Gasteiger charge is -2.25. The first kappa shape index (κ1) is 21.2. The van der Waals surface area contributed by atoms with Crippen LogP contribution < -0.4 is 0 Å². The number of aromatic nitrogens is 3. The summed E-state index contributed by atoms with van der Waals surface area (Å²) in [6.45, 7) is 1.61. The van der Waals surface area contributed by atoms with E-state index in [1.165, 1.54) is 23.5 Å². The van der Waals surface area contributed by atoms with Gasteiger partial charge in [0.2, 0.25) is 0 Å². The van der Waals surface area contributed by atoms with E-state index in [1.807, 2.05) is 23.0 Å². The van der Waals surface area contributed by atoms with Gasteiger partial charge in [0.1, 0.15) is 5.82 Å². The van der Waals surface area contributed by atoms with E-state index in [-0.39, 0.29) is 5.91 Å². The minimum Gasteiger partial charge on any atom is -0.389 e. The predicted octanol–water partition coefficient (Wildman–Crippen LogP) is 4.16. The van der Waals surface area contributed by atoms with Crippen LogP contribution in [0.2, 0.25) is 0 Å². The van der Waals surface area contributed by atoms with Gasteiger partial charge in [0.25, 0.3) is 5.91 Å². The second kappa shape index (κ2) is 8.59. The molecule has 1 amide bonds. The minimum absolute atomic E-state index is 0.134. The molecule has 0 aliphatic heterocycles. The second-order valence-electron chi connectivity index (χ2n) is 8.36. The summed E-state index contributed by atoms with van der Waals surface area (Å²) in [5.74, 6) is -0.539. The van der Waals surface area contributed by atoms with E-state index in [1.54, 1.807) is 33.3 Å². The molecule has 1 aliphatic rings. The van der Waals surface area contributed by atoms with Crippen molar-refractivity contribution in [2.24, 2.45) is 0 Å². The van der Waals surface area contributed by atoms with Crippen LogP contribution in [-0.2, 0) is 6.42 Å². The molecule has 0 spiro atoms. The summed E-state index contributed by atoms with van der Waals surface area (Å²) in [7, 11) is 3.44. The largest absolute Gasteiger partial charge is 0.389 e. The Morgan fingerprint density at radius 3 is 2.71 bits per heavy atom. The molecule has 1 aromatic carbocycles. The van der Waals surface area contributed by atoms with Crippen LogP contribution in [0, 0.1) is 5.82 Å². The Morgan fingerprint density at radius 1 is 1.29 bits per heavy atom. The average molecular weight is 423 g/mol. The van der Waals surface area contributed by atoms with Gasteiger partial charge in [-0.2, -0.15) is 5.10 Å². The molecule has 31 heavy (non-hydrogen) atoms. The van der Waals surface area contributed by atoms with Gasteiger partial charge in [-0.25, -0.2) is 4.39 Å². The van der Waals surface area contributed by atoms with E-state index in [9.17, 15) is 14.3 Å². The average Bonchev–Trinajstić information content (AvgIpc) is 3.09. The molecule has 0 bridgehead atoms. The van der Waals surface area contributed by atoms with Crippen molar-refractivity contribution in [1.29, 1.82) is 0 Å². The van der Waals surface area contributed by atoms with Gasteiger partial charge in [0.05, 0.1) is 17.8 Å². The first-order chi connectivity index (χ1) is 14.8. The Hall–Kier alpha value is -3.06. The fraction of sp³-hybridized carbons (Fsp3) is 0.375. The minimum atomic E-state index is -0.840. The predicted molar refractivity (Wildman–Crippen MR) is 116 cm³/mol. The summed E-state index contributed by atoms with van der Waals surface area (Å²) in [5, 5.41) is 14.8. The molecule has 0 radical (unpaired) electrons. The van der Waals surface area contributed by atoms with Crippen molar-refractivity contribution >= 4 is 5.91 Å². The summed E-state index contributed by atoms with van der Waals surface area (Å²) in [5.41, 5.74) is 3.99. The van der Waals surface area contributed by atoms with Crippen LogP contribution in [0.1, 0.15) is 65.5 Å². The van der Waals surface area contributed by atoms with Crippen molar-refractivity contribution in [2.45, 2.75) is 44.8 Å². The van der Waals surface area contributed by atoms with Gasteiger partial charge >= 0.3 is 0 Å². The molecule has 1 saturated carbocycles. The molecular weight excluding hydrogens is 395 g/mol. The Morgan fingerprint density at radius 2 is 2.06 bits per heavy atom. The van der Waals surface area contributed by atoms with Gasteiger partial charge in [0.15, 0.2) is 5.69 Å². The number of aliphatic hydroxyl groups excluding tert-OH is 1. The number of amides is 1. The molecule has 0 unspecified atom stereocenters. The maximum Gasteiger partial charge on any atom is 0.274 e. The number of pyridine rings is 1. The summed E-state index contributed by atoms with van der Waals surface area (Å²) >= 11 is 0. The van der Waals surface area contributed by atoms with Crippen molar-refractivity contribution < 1.29 is 14.3 Å². The van der Waals surface area contributed by atoms with Gasteiger partial charge in [-0.05, 0) is 61.6 Å². The van der Waals surface area contributed by atoms with Crippen LogP contribution in [-0.4, -0.2) is 44.8 Å². The van der Waals surface area contributed by atoms with Crippen molar-refractivity contribution in [3.8, 4) is 11.3 Å². The van der Waals surface area contributed by atoms with E-state index < -0.39 is 11.9 Å². The Kier molecular flexibility index (Phi) is 5.87. The highest BCUT2D eigenvalue weighted by atomic mass is 19.1. The molecular formula is C24H27FN4O2. The number of carbonyl (C=O) groups is 1. The number of nitrogens with zero attached hydrogens (tertiary/aromatic N) is 4. The number of hydrogen-bond acceptors (Lipinski definition) is 4. The van der Waals surface area contributed by atoms with Gasteiger partial charge in [0, 0.05) is 44.0 Å². The zero-order chi connectivity index (χ0) is 22.1. The summed E-state index contributed by atoms with van der Waals surface area (Å²) in [6.07, 6.45) is 6.59. The highest BCUT2D eigenvalue weighted by molar-refractivity contribution is 5.93. The van der Waals surface area contributed by atoms with Gasteiger partial charge in [-0.3, -0.25) is 14.5 Å². The van der Waals surface area contributed by atoms with E-state index in [0.717, 1.165) is 24.0 Å². The van der Waals surface area contributed by atoms with Gasteiger partial charge in [-0.15, -0.1) is 0 Å². The van der Waals surface area contributed by atoms with Crippen LogP contribution in [0.3, 0.4) is 0 Å². The van der Waals surface area contributed by atoms with Crippen LogP contribution in [0.5, 0.6) is 0 Å². The van der Waals surface area contributed by atoms with Crippen molar-refractivity contribution in [3.05, 3.63) is 70.9 Å². The van der Waals surface area contributed by atoms with Crippen LogP contribution >= 0.6 is 0 Å². The second-order valence-corrected chi connectivity index (χ2v) is 8.36. The van der Waals surface area contributed by atoms with E-state index in [0.29, 0.717) is 35.0 Å². The first-order valence-electron chi connectivity index (χ1n) is 10.6. The molecule has 162 valence electrons. The molecule has 2 aromatic heterocycles. The SMILES string of the molecule is C[C@@H](O)c1cc(F)ccc1-c1ncccc1Cc1cn(C2CCC2)nc1C(=O)N(C)C. The molecule has 2 heterocycles. The number of benzene rings is 1. The summed E-state index contributed by atoms with van der Waals surface area (Å²) in [4.78, 5) is 18.9. The third kappa shape index (κ3) is 4.23. The molecule has 1 fully saturated rings. The summed E-state index contributed by atoms with van der Waals surface area (Å²) in [6, 6.07) is 8.49. The monoisotopic (exact) mass is 422 g/mol. The fourth-order valence-electron chi connectivity index (χ4n) is 3.91. The molecule has 3 aromatic rings. The molecule has 0 saturated heterocycles. The van der Waals surface area contributed by atoms with E-state index in [4.69, 9.17) is 0 Å².